The summed E-state index contributed by atoms with van der Waals surface area (Å²) in [6, 6.07) is 0.652. The van der Waals surface area contributed by atoms with Gasteiger partial charge >= 0.3 is 0 Å². The second-order valence-electron chi connectivity index (χ2n) is 4.73. The predicted molar refractivity (Wildman–Crippen MR) is 60.0 cm³/mol. The summed E-state index contributed by atoms with van der Waals surface area (Å²) in [7, 11) is 4.28. The van der Waals surface area contributed by atoms with Gasteiger partial charge in [-0.2, -0.15) is 0 Å². The number of nitrogens with one attached hydrogen (secondary N) is 1. The molecule has 80 valence electrons. The largest absolute Gasteiger partial charge is 0.316 e. The van der Waals surface area contributed by atoms with Gasteiger partial charge in [-0.1, -0.05) is 20.8 Å². The molecule has 0 saturated heterocycles. The SMILES string of the molecule is CC(C)CNCC(C)C(C)N(C)C. The van der Waals surface area contributed by atoms with Crippen molar-refractivity contribution >= 4 is 0 Å². The van der Waals surface area contributed by atoms with E-state index in [0.717, 1.165) is 19.0 Å². The molecule has 0 bridgehead atoms. The molecule has 0 aliphatic rings. The van der Waals surface area contributed by atoms with Gasteiger partial charge in [0.05, 0.1) is 0 Å². The Labute approximate surface area is 83.7 Å². The van der Waals surface area contributed by atoms with Gasteiger partial charge in [-0.3, -0.25) is 0 Å². The molecule has 0 aromatic rings. The number of hydrogen-bond donors (Lipinski definition) is 1. The Morgan fingerprint density at radius 1 is 1.00 bits per heavy atom. The monoisotopic (exact) mass is 186 g/mol. The standard InChI is InChI=1S/C11H26N2/c1-9(2)7-12-8-10(3)11(4)13(5)6/h9-12H,7-8H2,1-6H3. The first kappa shape index (κ1) is 12.9. The van der Waals surface area contributed by atoms with Crippen LogP contribution in [0.5, 0.6) is 0 Å². The molecule has 0 aliphatic heterocycles. The van der Waals surface area contributed by atoms with Crippen LogP contribution in [0.3, 0.4) is 0 Å². The summed E-state index contributed by atoms with van der Waals surface area (Å²) in [5, 5.41) is 3.49. The van der Waals surface area contributed by atoms with Crippen LogP contribution in [-0.4, -0.2) is 38.1 Å². The zero-order chi connectivity index (χ0) is 10.4. The summed E-state index contributed by atoms with van der Waals surface area (Å²) in [6.07, 6.45) is 0. The molecule has 0 aromatic carbocycles. The molecule has 2 heteroatoms. The molecule has 2 atom stereocenters. The number of hydrogen-bond acceptors (Lipinski definition) is 2. The highest BCUT2D eigenvalue weighted by Crippen LogP contribution is 2.06. The van der Waals surface area contributed by atoms with E-state index in [2.05, 4.69) is 52.0 Å². The lowest BCUT2D eigenvalue weighted by atomic mass is 10.0. The Morgan fingerprint density at radius 3 is 1.92 bits per heavy atom. The van der Waals surface area contributed by atoms with Crippen molar-refractivity contribution < 1.29 is 0 Å². The Balaban J connectivity index is 3.55. The molecule has 2 nitrogen and oxygen atoms in total. The fraction of sp³-hybridized carbons (Fsp3) is 1.00. The van der Waals surface area contributed by atoms with Gasteiger partial charge in [0.15, 0.2) is 0 Å². The van der Waals surface area contributed by atoms with Gasteiger partial charge in [0, 0.05) is 6.04 Å². The molecular formula is C11H26N2. The van der Waals surface area contributed by atoms with Gasteiger partial charge in [-0.25, -0.2) is 0 Å². The van der Waals surface area contributed by atoms with Gasteiger partial charge in [0.25, 0.3) is 0 Å². The molecule has 0 heterocycles. The van der Waals surface area contributed by atoms with E-state index in [-0.39, 0.29) is 0 Å². The van der Waals surface area contributed by atoms with E-state index < -0.39 is 0 Å². The molecule has 1 N–H and O–H groups in total. The van der Waals surface area contributed by atoms with Crippen LogP contribution in [0, 0.1) is 11.8 Å². The summed E-state index contributed by atoms with van der Waals surface area (Å²) in [5.41, 5.74) is 0. The van der Waals surface area contributed by atoms with Crippen molar-refractivity contribution in [1.29, 1.82) is 0 Å². The van der Waals surface area contributed by atoms with E-state index in [9.17, 15) is 0 Å². The van der Waals surface area contributed by atoms with E-state index in [4.69, 9.17) is 0 Å². The number of rotatable bonds is 6. The third-order valence-electron chi connectivity index (χ3n) is 2.66. The smallest absolute Gasteiger partial charge is 0.00985 e. The van der Waals surface area contributed by atoms with Crippen LogP contribution in [0.4, 0.5) is 0 Å². The molecule has 0 saturated carbocycles. The third kappa shape index (κ3) is 6.05. The van der Waals surface area contributed by atoms with Crippen LogP contribution in [0.1, 0.15) is 27.7 Å². The summed E-state index contributed by atoms with van der Waals surface area (Å²) in [4.78, 5) is 2.28. The first-order chi connectivity index (χ1) is 5.95. The highest BCUT2D eigenvalue weighted by atomic mass is 15.1. The van der Waals surface area contributed by atoms with Crippen LogP contribution in [-0.2, 0) is 0 Å². The average molecular weight is 186 g/mol. The fourth-order valence-electron chi connectivity index (χ4n) is 1.28. The summed E-state index contributed by atoms with van der Waals surface area (Å²) in [5.74, 6) is 1.47. The molecule has 2 unspecified atom stereocenters. The lowest BCUT2D eigenvalue weighted by Gasteiger charge is -2.26. The van der Waals surface area contributed by atoms with Crippen LogP contribution < -0.4 is 5.32 Å². The first-order valence-electron chi connectivity index (χ1n) is 5.32. The van der Waals surface area contributed by atoms with E-state index in [1.807, 2.05) is 0 Å². The highest BCUT2D eigenvalue weighted by Gasteiger charge is 2.13. The maximum Gasteiger partial charge on any atom is 0.00985 e. The van der Waals surface area contributed by atoms with Gasteiger partial charge in [-0.15, -0.1) is 0 Å². The van der Waals surface area contributed by atoms with Crippen molar-refractivity contribution in [2.24, 2.45) is 11.8 Å². The molecular weight excluding hydrogens is 160 g/mol. The summed E-state index contributed by atoms with van der Waals surface area (Å²) >= 11 is 0. The van der Waals surface area contributed by atoms with E-state index in [0.29, 0.717) is 12.0 Å². The van der Waals surface area contributed by atoms with Crippen LogP contribution in [0.2, 0.25) is 0 Å². The maximum atomic E-state index is 3.49. The number of nitrogens with zero attached hydrogens (tertiary/aromatic N) is 1. The molecule has 0 amide bonds. The normalized spacial score (nSPS) is 16.6. The molecule has 0 spiro atoms. The molecule has 0 fully saturated rings. The van der Waals surface area contributed by atoms with Crippen molar-refractivity contribution in [3.8, 4) is 0 Å². The van der Waals surface area contributed by atoms with E-state index >= 15 is 0 Å². The summed E-state index contributed by atoms with van der Waals surface area (Å²) in [6.45, 7) is 11.3. The minimum atomic E-state index is 0.652. The Bertz CT molecular complexity index is 121. The van der Waals surface area contributed by atoms with Crippen LogP contribution >= 0.6 is 0 Å². The Kier molecular flexibility index (Phi) is 6.35. The van der Waals surface area contributed by atoms with Gasteiger partial charge in [0.2, 0.25) is 0 Å². The van der Waals surface area contributed by atoms with Gasteiger partial charge in [0.1, 0.15) is 0 Å². The maximum absolute atomic E-state index is 3.49. The molecule has 0 aromatic heterocycles. The molecule has 0 radical (unpaired) electrons. The lowest BCUT2D eigenvalue weighted by Crippen LogP contribution is -2.37. The van der Waals surface area contributed by atoms with E-state index in [1.165, 1.54) is 0 Å². The Morgan fingerprint density at radius 2 is 1.54 bits per heavy atom. The molecule has 0 aliphatic carbocycles. The average Bonchev–Trinajstić information content (AvgIpc) is 2.02. The lowest BCUT2D eigenvalue weighted by molar-refractivity contribution is 0.233. The first-order valence-corrected chi connectivity index (χ1v) is 5.32. The molecule has 0 rings (SSSR count). The second kappa shape index (κ2) is 6.39. The minimum Gasteiger partial charge on any atom is -0.316 e. The van der Waals surface area contributed by atoms with E-state index in [1.54, 1.807) is 0 Å². The zero-order valence-electron chi connectivity index (χ0n) is 10.1. The topological polar surface area (TPSA) is 15.3 Å². The van der Waals surface area contributed by atoms with Crippen LogP contribution in [0.15, 0.2) is 0 Å². The summed E-state index contributed by atoms with van der Waals surface area (Å²) < 4.78 is 0. The van der Waals surface area contributed by atoms with Crippen molar-refractivity contribution in [2.45, 2.75) is 33.7 Å². The third-order valence-corrected chi connectivity index (χ3v) is 2.66. The minimum absolute atomic E-state index is 0.652. The van der Waals surface area contributed by atoms with Crippen molar-refractivity contribution in [2.75, 3.05) is 27.2 Å². The fourth-order valence-corrected chi connectivity index (χ4v) is 1.28. The van der Waals surface area contributed by atoms with Gasteiger partial charge < -0.3 is 10.2 Å². The molecule has 13 heavy (non-hydrogen) atoms. The zero-order valence-corrected chi connectivity index (χ0v) is 10.1. The van der Waals surface area contributed by atoms with Crippen molar-refractivity contribution in [3.63, 3.8) is 0 Å². The van der Waals surface area contributed by atoms with Crippen molar-refractivity contribution in [3.05, 3.63) is 0 Å². The second-order valence-corrected chi connectivity index (χ2v) is 4.73. The quantitative estimate of drug-likeness (QED) is 0.680. The van der Waals surface area contributed by atoms with Crippen LogP contribution in [0.25, 0.3) is 0 Å². The Hall–Kier alpha value is -0.0800. The van der Waals surface area contributed by atoms with Crippen molar-refractivity contribution in [1.82, 2.24) is 10.2 Å². The predicted octanol–water partition coefficient (Wildman–Crippen LogP) is 1.82. The van der Waals surface area contributed by atoms with Gasteiger partial charge in [-0.05, 0) is 45.9 Å². The highest BCUT2D eigenvalue weighted by molar-refractivity contribution is 4.70.